The van der Waals surface area contributed by atoms with Gasteiger partial charge >= 0.3 is 12.2 Å². The zero-order valence-corrected chi connectivity index (χ0v) is 14.5. The average molecular weight is 382 g/mol. The molecular weight excluding hydrogens is 364 g/mol. The van der Waals surface area contributed by atoms with Crippen molar-refractivity contribution in [3.05, 3.63) is 54.0 Å². The van der Waals surface area contributed by atoms with Crippen molar-refractivity contribution in [2.24, 2.45) is 0 Å². The van der Waals surface area contributed by atoms with Crippen LogP contribution in [-0.4, -0.2) is 41.6 Å². The van der Waals surface area contributed by atoms with E-state index in [1.807, 2.05) is 6.92 Å². The molecule has 1 aliphatic heterocycles. The Morgan fingerprint density at radius 2 is 1.89 bits per heavy atom. The van der Waals surface area contributed by atoms with Crippen molar-refractivity contribution in [1.82, 2.24) is 9.88 Å². The van der Waals surface area contributed by atoms with Gasteiger partial charge in [0.25, 0.3) is 0 Å². The third-order valence-electron chi connectivity index (χ3n) is 4.39. The lowest BCUT2D eigenvalue weighted by Crippen LogP contribution is -2.55. The number of nitrogens with zero attached hydrogens (tertiary/aromatic N) is 3. The van der Waals surface area contributed by atoms with Crippen molar-refractivity contribution in [3.63, 3.8) is 0 Å². The number of rotatable bonds is 2. The molecule has 0 spiro atoms. The minimum Gasteiger partial charge on any atom is -0.350 e. The van der Waals surface area contributed by atoms with E-state index >= 15 is 0 Å². The third kappa shape index (κ3) is 4.29. The smallest absolute Gasteiger partial charge is 0.350 e. The molecule has 3 rings (SSSR count). The summed E-state index contributed by atoms with van der Waals surface area (Å²) in [6.07, 6.45) is -2.92. The summed E-state index contributed by atoms with van der Waals surface area (Å²) in [6, 6.07) is 6.46. The quantitative estimate of drug-likeness (QED) is 0.800. The molecule has 0 aliphatic carbocycles. The summed E-state index contributed by atoms with van der Waals surface area (Å²) in [5.41, 5.74) is -0.502. The number of aromatic nitrogens is 1. The van der Waals surface area contributed by atoms with Crippen LogP contribution in [0.3, 0.4) is 0 Å². The Morgan fingerprint density at radius 1 is 1.19 bits per heavy atom. The van der Waals surface area contributed by atoms with E-state index in [1.165, 1.54) is 30.5 Å². The second kappa shape index (κ2) is 7.42. The van der Waals surface area contributed by atoms with Gasteiger partial charge in [-0.15, -0.1) is 0 Å². The predicted molar refractivity (Wildman–Crippen MR) is 93.0 cm³/mol. The number of anilines is 2. The largest absolute Gasteiger partial charge is 0.416 e. The minimum absolute atomic E-state index is 0.227. The van der Waals surface area contributed by atoms with Gasteiger partial charge in [0.05, 0.1) is 5.56 Å². The van der Waals surface area contributed by atoms with E-state index < -0.39 is 23.6 Å². The maximum Gasteiger partial charge on any atom is 0.416 e. The summed E-state index contributed by atoms with van der Waals surface area (Å²) >= 11 is 0. The Bertz CT molecular complexity index is 810. The number of benzene rings is 1. The molecule has 5 nitrogen and oxygen atoms in total. The lowest BCUT2D eigenvalue weighted by atomic mass is 10.2. The van der Waals surface area contributed by atoms with Gasteiger partial charge < -0.3 is 15.1 Å². The van der Waals surface area contributed by atoms with Crippen molar-refractivity contribution in [3.8, 4) is 0 Å². The Balaban J connectivity index is 1.62. The van der Waals surface area contributed by atoms with Crippen LogP contribution in [0.15, 0.2) is 42.6 Å². The second-order valence-corrected chi connectivity index (χ2v) is 6.30. The lowest BCUT2D eigenvalue weighted by molar-refractivity contribution is -0.137. The minimum atomic E-state index is -4.42. The van der Waals surface area contributed by atoms with E-state index in [-0.39, 0.29) is 17.5 Å². The summed E-state index contributed by atoms with van der Waals surface area (Å²) in [5.74, 6) is -0.181. The van der Waals surface area contributed by atoms with Gasteiger partial charge in [0.15, 0.2) is 11.6 Å². The van der Waals surface area contributed by atoms with Crippen LogP contribution < -0.4 is 10.2 Å². The zero-order chi connectivity index (χ0) is 19.6. The fraction of sp³-hybridized carbons (Fsp3) is 0.333. The molecule has 1 aromatic heterocycles. The Labute approximate surface area is 153 Å². The molecule has 1 fully saturated rings. The zero-order valence-electron chi connectivity index (χ0n) is 14.5. The Morgan fingerprint density at radius 3 is 2.48 bits per heavy atom. The van der Waals surface area contributed by atoms with Crippen LogP contribution in [0.25, 0.3) is 0 Å². The highest BCUT2D eigenvalue weighted by molar-refractivity contribution is 5.89. The Hall–Kier alpha value is -2.84. The van der Waals surface area contributed by atoms with E-state index in [0.717, 1.165) is 12.1 Å². The molecule has 0 unspecified atom stereocenters. The SMILES string of the molecule is C[C@@H]1CN(c2ncccc2F)CCN1C(=O)Nc1ccc(C(F)(F)F)cc1. The molecule has 0 saturated carbocycles. The normalized spacial score (nSPS) is 17.7. The number of nitrogens with one attached hydrogen (secondary N) is 1. The van der Waals surface area contributed by atoms with E-state index in [1.54, 1.807) is 9.80 Å². The van der Waals surface area contributed by atoms with Crippen LogP contribution in [0.5, 0.6) is 0 Å². The van der Waals surface area contributed by atoms with Crippen LogP contribution >= 0.6 is 0 Å². The van der Waals surface area contributed by atoms with Crippen LogP contribution in [0.1, 0.15) is 12.5 Å². The van der Waals surface area contributed by atoms with Crippen molar-refractivity contribution in [2.75, 3.05) is 29.9 Å². The molecule has 2 heterocycles. The van der Waals surface area contributed by atoms with Gasteiger partial charge in [-0.25, -0.2) is 14.2 Å². The van der Waals surface area contributed by atoms with Gasteiger partial charge in [-0.3, -0.25) is 0 Å². The highest BCUT2D eigenvalue weighted by Gasteiger charge is 2.31. The number of carbonyl (C=O) groups excluding carboxylic acids is 1. The van der Waals surface area contributed by atoms with Crippen molar-refractivity contribution >= 4 is 17.5 Å². The molecule has 2 amide bonds. The number of hydrogen-bond acceptors (Lipinski definition) is 3. The van der Waals surface area contributed by atoms with Gasteiger partial charge in [-0.05, 0) is 43.3 Å². The number of hydrogen-bond donors (Lipinski definition) is 1. The molecule has 2 aromatic rings. The predicted octanol–water partition coefficient (Wildman–Crippen LogP) is 3.98. The number of amides is 2. The molecule has 27 heavy (non-hydrogen) atoms. The van der Waals surface area contributed by atoms with Crippen molar-refractivity contribution < 1.29 is 22.4 Å². The summed E-state index contributed by atoms with van der Waals surface area (Å²) in [7, 11) is 0. The molecule has 1 aliphatic rings. The molecule has 0 radical (unpaired) electrons. The van der Waals surface area contributed by atoms with Crippen LogP contribution in [-0.2, 0) is 6.18 Å². The van der Waals surface area contributed by atoms with Crippen molar-refractivity contribution in [1.29, 1.82) is 0 Å². The van der Waals surface area contributed by atoms with E-state index in [4.69, 9.17) is 0 Å². The monoisotopic (exact) mass is 382 g/mol. The fourth-order valence-corrected chi connectivity index (χ4v) is 3.00. The van der Waals surface area contributed by atoms with E-state index in [0.29, 0.717) is 19.6 Å². The van der Waals surface area contributed by atoms with E-state index in [9.17, 15) is 22.4 Å². The van der Waals surface area contributed by atoms with Gasteiger partial charge in [0.2, 0.25) is 0 Å². The fourth-order valence-electron chi connectivity index (χ4n) is 3.00. The Kier molecular flexibility index (Phi) is 5.20. The second-order valence-electron chi connectivity index (χ2n) is 6.30. The number of halogens is 4. The van der Waals surface area contributed by atoms with Crippen LogP contribution in [0.4, 0.5) is 33.9 Å². The molecule has 144 valence electrons. The average Bonchev–Trinajstić information content (AvgIpc) is 2.61. The van der Waals surface area contributed by atoms with Crippen LogP contribution in [0, 0.1) is 5.82 Å². The number of urea groups is 1. The maximum absolute atomic E-state index is 13.9. The molecule has 1 aromatic carbocycles. The van der Waals surface area contributed by atoms with Crippen LogP contribution in [0.2, 0.25) is 0 Å². The summed E-state index contributed by atoms with van der Waals surface area (Å²) in [4.78, 5) is 19.8. The lowest BCUT2D eigenvalue weighted by Gasteiger charge is -2.40. The van der Waals surface area contributed by atoms with Gasteiger partial charge in [-0.1, -0.05) is 0 Å². The number of pyridine rings is 1. The first-order chi connectivity index (χ1) is 12.8. The first-order valence-electron chi connectivity index (χ1n) is 8.36. The molecule has 1 N–H and O–H groups in total. The molecular formula is C18H18F4N4O. The summed E-state index contributed by atoms with van der Waals surface area (Å²) in [6.45, 7) is 2.95. The molecule has 0 bridgehead atoms. The number of alkyl halides is 3. The molecule has 1 atom stereocenters. The standard InChI is InChI=1S/C18H18F4N4O/c1-12-11-25(16-15(19)3-2-8-23-16)9-10-26(12)17(27)24-14-6-4-13(5-7-14)18(20,21)22/h2-8,12H,9-11H2,1H3,(H,24,27)/t12-/m1/s1. The summed E-state index contributed by atoms with van der Waals surface area (Å²) in [5, 5.41) is 2.60. The molecule has 9 heteroatoms. The third-order valence-corrected chi connectivity index (χ3v) is 4.39. The van der Waals surface area contributed by atoms with Gasteiger partial charge in [-0.2, -0.15) is 13.2 Å². The number of carbonyl (C=O) groups is 1. The van der Waals surface area contributed by atoms with E-state index in [2.05, 4.69) is 10.3 Å². The highest BCUT2D eigenvalue weighted by atomic mass is 19.4. The number of piperazine rings is 1. The first-order valence-corrected chi connectivity index (χ1v) is 8.36. The summed E-state index contributed by atoms with van der Waals surface area (Å²) < 4.78 is 51.7. The molecule has 1 saturated heterocycles. The van der Waals surface area contributed by atoms with Gasteiger partial charge in [0.1, 0.15) is 0 Å². The highest BCUT2D eigenvalue weighted by Crippen LogP contribution is 2.30. The topological polar surface area (TPSA) is 48.5 Å². The first kappa shape index (κ1) is 18.9. The van der Waals surface area contributed by atoms with Crippen molar-refractivity contribution in [2.45, 2.75) is 19.1 Å². The van der Waals surface area contributed by atoms with Gasteiger partial charge in [0, 0.05) is 37.6 Å². The maximum atomic E-state index is 13.9.